The van der Waals surface area contributed by atoms with E-state index in [9.17, 15) is 17.2 Å². The van der Waals surface area contributed by atoms with Gasteiger partial charge in [-0.05, 0) is 25.5 Å². The number of sulfone groups is 1. The summed E-state index contributed by atoms with van der Waals surface area (Å²) >= 11 is 0. The van der Waals surface area contributed by atoms with Gasteiger partial charge in [0.05, 0.1) is 5.75 Å². The number of halogens is 2. The molecule has 0 amide bonds. The molecule has 0 radical (unpaired) electrons. The van der Waals surface area contributed by atoms with Crippen molar-refractivity contribution in [2.24, 2.45) is 0 Å². The van der Waals surface area contributed by atoms with E-state index in [0.29, 0.717) is 12.1 Å². The van der Waals surface area contributed by atoms with Crippen molar-refractivity contribution < 1.29 is 17.2 Å². The van der Waals surface area contributed by atoms with E-state index in [1.54, 1.807) is 0 Å². The van der Waals surface area contributed by atoms with E-state index < -0.39 is 27.5 Å². The zero-order valence-electron chi connectivity index (χ0n) is 11.1. The number of hydrogen-bond acceptors (Lipinski definition) is 3. The van der Waals surface area contributed by atoms with Gasteiger partial charge in [0.25, 0.3) is 0 Å². The maximum absolute atomic E-state index is 13.7. The van der Waals surface area contributed by atoms with Crippen LogP contribution < -0.4 is 5.32 Å². The Kier molecular flexibility index (Phi) is 5.87. The van der Waals surface area contributed by atoms with Crippen molar-refractivity contribution in [1.82, 2.24) is 5.32 Å². The van der Waals surface area contributed by atoms with Crippen LogP contribution in [0.5, 0.6) is 0 Å². The summed E-state index contributed by atoms with van der Waals surface area (Å²) in [6, 6.07) is 2.94. The van der Waals surface area contributed by atoms with Crippen molar-refractivity contribution >= 4 is 9.84 Å². The van der Waals surface area contributed by atoms with Gasteiger partial charge in [-0.3, -0.25) is 0 Å². The Morgan fingerprint density at radius 3 is 2.53 bits per heavy atom. The molecule has 0 aliphatic carbocycles. The van der Waals surface area contributed by atoms with Gasteiger partial charge in [0, 0.05) is 23.9 Å². The van der Waals surface area contributed by atoms with Crippen LogP contribution in [0.25, 0.3) is 0 Å². The first-order chi connectivity index (χ1) is 8.83. The monoisotopic (exact) mass is 291 g/mol. The second-order valence-corrected chi connectivity index (χ2v) is 6.85. The minimum atomic E-state index is -3.11. The molecule has 1 aromatic rings. The highest BCUT2D eigenvalue weighted by atomic mass is 32.2. The average molecular weight is 291 g/mol. The number of nitrogens with one attached hydrogen (secondary N) is 1. The van der Waals surface area contributed by atoms with Crippen LogP contribution in [0.2, 0.25) is 0 Å². The lowest BCUT2D eigenvalue weighted by atomic mass is 10.0. The fraction of sp³-hybridized carbons (Fsp3) is 0.538. The summed E-state index contributed by atoms with van der Waals surface area (Å²) in [5.41, 5.74) is 0.304. The smallest absolute Gasteiger partial charge is 0.147 e. The summed E-state index contributed by atoms with van der Waals surface area (Å²) in [7, 11) is -3.11. The second-order valence-electron chi connectivity index (χ2n) is 4.59. The molecular weight excluding hydrogens is 272 g/mol. The van der Waals surface area contributed by atoms with Gasteiger partial charge < -0.3 is 5.32 Å². The first-order valence-corrected chi connectivity index (χ1v) is 8.25. The van der Waals surface area contributed by atoms with Crippen molar-refractivity contribution in [2.45, 2.75) is 25.8 Å². The van der Waals surface area contributed by atoms with Crippen LogP contribution in [-0.4, -0.2) is 27.0 Å². The number of rotatable bonds is 7. The van der Waals surface area contributed by atoms with Crippen LogP contribution in [0.1, 0.15) is 31.4 Å². The molecule has 0 aliphatic heterocycles. The lowest BCUT2D eigenvalue weighted by Crippen LogP contribution is -2.25. The summed E-state index contributed by atoms with van der Waals surface area (Å²) in [5.74, 6) is -1.33. The summed E-state index contributed by atoms with van der Waals surface area (Å²) in [6.07, 6.45) is 2.25. The topological polar surface area (TPSA) is 46.2 Å². The fourth-order valence-electron chi connectivity index (χ4n) is 1.80. The van der Waals surface area contributed by atoms with Crippen molar-refractivity contribution in [1.29, 1.82) is 0 Å². The zero-order chi connectivity index (χ0) is 14.5. The highest BCUT2D eigenvalue weighted by Crippen LogP contribution is 2.21. The van der Waals surface area contributed by atoms with Crippen LogP contribution in [0.15, 0.2) is 18.2 Å². The number of benzene rings is 1. The van der Waals surface area contributed by atoms with Gasteiger partial charge >= 0.3 is 0 Å². The second kappa shape index (κ2) is 6.96. The SMILES string of the molecule is CCCNC(CCS(C)(=O)=O)c1ccc(F)cc1F. The molecule has 0 heterocycles. The Morgan fingerprint density at radius 2 is 2.00 bits per heavy atom. The van der Waals surface area contributed by atoms with E-state index in [2.05, 4.69) is 5.32 Å². The molecule has 0 saturated heterocycles. The van der Waals surface area contributed by atoms with Crippen LogP contribution in [0.3, 0.4) is 0 Å². The molecule has 0 fully saturated rings. The molecule has 0 aromatic heterocycles. The molecule has 1 rings (SSSR count). The van der Waals surface area contributed by atoms with Gasteiger partial charge in [-0.1, -0.05) is 13.0 Å². The predicted molar refractivity (Wildman–Crippen MR) is 71.7 cm³/mol. The predicted octanol–water partition coefficient (Wildman–Crippen LogP) is 2.44. The Bertz CT molecular complexity index is 517. The third-order valence-electron chi connectivity index (χ3n) is 2.76. The van der Waals surface area contributed by atoms with Crippen LogP contribution in [0, 0.1) is 11.6 Å². The van der Waals surface area contributed by atoms with Gasteiger partial charge in [-0.25, -0.2) is 17.2 Å². The number of hydrogen-bond donors (Lipinski definition) is 1. The normalized spacial score (nSPS) is 13.5. The molecule has 0 spiro atoms. The van der Waals surface area contributed by atoms with Gasteiger partial charge in [0.15, 0.2) is 0 Å². The molecule has 1 atom stereocenters. The van der Waals surface area contributed by atoms with Crippen LogP contribution >= 0.6 is 0 Å². The minimum Gasteiger partial charge on any atom is -0.310 e. The first kappa shape index (κ1) is 16.0. The maximum Gasteiger partial charge on any atom is 0.147 e. The van der Waals surface area contributed by atoms with E-state index in [-0.39, 0.29) is 12.2 Å². The van der Waals surface area contributed by atoms with E-state index in [1.165, 1.54) is 12.1 Å². The Balaban J connectivity index is 2.88. The molecule has 1 N–H and O–H groups in total. The molecule has 0 aliphatic rings. The highest BCUT2D eigenvalue weighted by molar-refractivity contribution is 7.90. The zero-order valence-corrected chi connectivity index (χ0v) is 11.9. The van der Waals surface area contributed by atoms with Crippen molar-refractivity contribution in [3.8, 4) is 0 Å². The molecule has 0 bridgehead atoms. The average Bonchev–Trinajstić information content (AvgIpc) is 2.29. The quantitative estimate of drug-likeness (QED) is 0.839. The molecule has 1 aromatic carbocycles. The van der Waals surface area contributed by atoms with Crippen molar-refractivity contribution in [3.63, 3.8) is 0 Å². The van der Waals surface area contributed by atoms with Crippen LogP contribution in [0.4, 0.5) is 8.78 Å². The van der Waals surface area contributed by atoms with Gasteiger partial charge in [-0.2, -0.15) is 0 Å². The third kappa shape index (κ3) is 5.65. The lowest BCUT2D eigenvalue weighted by Gasteiger charge is -2.19. The Hall–Kier alpha value is -1.01. The van der Waals surface area contributed by atoms with Gasteiger partial charge in [0.2, 0.25) is 0 Å². The van der Waals surface area contributed by atoms with Crippen molar-refractivity contribution in [3.05, 3.63) is 35.4 Å². The molecule has 1 unspecified atom stereocenters. The maximum atomic E-state index is 13.7. The Labute approximate surface area is 112 Å². The van der Waals surface area contributed by atoms with E-state index in [4.69, 9.17) is 0 Å². The summed E-state index contributed by atoms with van der Waals surface area (Å²) in [6.45, 7) is 2.60. The molecule has 3 nitrogen and oxygen atoms in total. The third-order valence-corrected chi connectivity index (χ3v) is 3.73. The minimum absolute atomic E-state index is 0.0365. The van der Waals surface area contributed by atoms with E-state index >= 15 is 0 Å². The van der Waals surface area contributed by atoms with E-state index in [1.807, 2.05) is 6.92 Å². The molecule has 0 saturated carbocycles. The van der Waals surface area contributed by atoms with E-state index in [0.717, 1.165) is 18.7 Å². The molecule has 19 heavy (non-hydrogen) atoms. The Morgan fingerprint density at radius 1 is 1.32 bits per heavy atom. The van der Waals surface area contributed by atoms with Crippen LogP contribution in [-0.2, 0) is 9.84 Å². The first-order valence-electron chi connectivity index (χ1n) is 6.19. The van der Waals surface area contributed by atoms with Crippen molar-refractivity contribution in [2.75, 3.05) is 18.6 Å². The van der Waals surface area contributed by atoms with Gasteiger partial charge in [0.1, 0.15) is 21.5 Å². The summed E-state index contributed by atoms with van der Waals surface area (Å²) in [4.78, 5) is 0. The fourth-order valence-corrected chi connectivity index (χ4v) is 2.47. The molecule has 6 heteroatoms. The molecular formula is C13H19F2NO2S. The standard InChI is InChI=1S/C13H19F2NO2S/c1-3-7-16-13(6-8-19(2,17)18)11-5-4-10(14)9-12(11)15/h4-5,9,13,16H,3,6-8H2,1-2H3. The summed E-state index contributed by atoms with van der Waals surface area (Å²) < 4.78 is 49.0. The van der Waals surface area contributed by atoms with Gasteiger partial charge in [-0.15, -0.1) is 0 Å². The highest BCUT2D eigenvalue weighted by Gasteiger charge is 2.17. The summed E-state index contributed by atoms with van der Waals surface area (Å²) in [5, 5.41) is 3.09. The lowest BCUT2D eigenvalue weighted by molar-refractivity contribution is 0.481. The largest absolute Gasteiger partial charge is 0.310 e. The molecule has 108 valence electrons.